The van der Waals surface area contributed by atoms with E-state index in [0.717, 1.165) is 0 Å². The van der Waals surface area contributed by atoms with Crippen molar-refractivity contribution in [2.45, 2.75) is 30.3 Å². The standard InChI is InChI=1S/C22H23N5O4S/c1-12(11-31-3)27-20(29)15-6-4-5-7-16(15)26-22(27)32-13(2)19(28)23-14-8-9-17-18(10-14)25-21(30)24-17/h4-10,12-13H,11H2,1-3H3,(H,23,28)(H2,24,25,30)/t12-,13+/m0/s1. The maximum atomic E-state index is 13.2. The number of hydrogen-bond donors (Lipinski definition) is 3. The highest BCUT2D eigenvalue weighted by Gasteiger charge is 2.22. The normalized spacial score (nSPS) is 13.3. The van der Waals surface area contributed by atoms with E-state index in [1.54, 1.807) is 55.0 Å². The summed E-state index contributed by atoms with van der Waals surface area (Å²) in [5.41, 5.74) is 1.92. The van der Waals surface area contributed by atoms with Gasteiger partial charge in [-0.1, -0.05) is 23.9 Å². The van der Waals surface area contributed by atoms with Crippen LogP contribution in [-0.2, 0) is 9.53 Å². The molecule has 0 bridgehead atoms. The Labute approximate surface area is 187 Å². The molecule has 0 aliphatic heterocycles. The van der Waals surface area contributed by atoms with Crippen molar-refractivity contribution >= 4 is 45.3 Å². The Hall–Kier alpha value is -3.37. The van der Waals surface area contributed by atoms with Gasteiger partial charge in [0.2, 0.25) is 5.91 Å². The van der Waals surface area contributed by atoms with Gasteiger partial charge in [0, 0.05) is 12.8 Å². The van der Waals surface area contributed by atoms with Crippen LogP contribution in [0, 0.1) is 0 Å². The lowest BCUT2D eigenvalue weighted by Gasteiger charge is -2.20. The van der Waals surface area contributed by atoms with E-state index in [1.165, 1.54) is 11.8 Å². The number of methoxy groups -OCH3 is 1. The van der Waals surface area contributed by atoms with E-state index in [-0.39, 0.29) is 23.2 Å². The van der Waals surface area contributed by atoms with Gasteiger partial charge in [-0.25, -0.2) is 9.78 Å². The SMILES string of the molecule is COC[C@H](C)n1c(S[C@H](C)C(=O)Nc2ccc3[nH]c(=O)[nH]c3c2)nc2ccccc2c1=O. The number of ether oxygens (including phenoxy) is 1. The van der Waals surface area contributed by atoms with Crippen LogP contribution in [0.3, 0.4) is 0 Å². The first-order chi connectivity index (χ1) is 15.4. The molecule has 0 unspecified atom stereocenters. The smallest absolute Gasteiger partial charge is 0.323 e. The van der Waals surface area contributed by atoms with Crippen molar-refractivity contribution in [1.29, 1.82) is 0 Å². The minimum absolute atomic E-state index is 0.169. The summed E-state index contributed by atoms with van der Waals surface area (Å²) < 4.78 is 6.82. The summed E-state index contributed by atoms with van der Waals surface area (Å²) in [6.45, 7) is 3.97. The zero-order chi connectivity index (χ0) is 22.8. The fourth-order valence-corrected chi connectivity index (χ4v) is 4.49. The van der Waals surface area contributed by atoms with Crippen molar-refractivity contribution in [3.63, 3.8) is 0 Å². The van der Waals surface area contributed by atoms with Gasteiger partial charge in [-0.15, -0.1) is 0 Å². The number of para-hydroxylation sites is 1. The Morgan fingerprint density at radius 1 is 1.16 bits per heavy atom. The molecule has 3 N–H and O–H groups in total. The predicted molar refractivity (Wildman–Crippen MR) is 125 cm³/mol. The van der Waals surface area contributed by atoms with Gasteiger partial charge in [-0.3, -0.25) is 14.2 Å². The zero-order valence-corrected chi connectivity index (χ0v) is 18.7. The Kier molecular flexibility index (Phi) is 6.15. The van der Waals surface area contributed by atoms with Gasteiger partial charge in [0.15, 0.2) is 5.16 Å². The van der Waals surface area contributed by atoms with Crippen LogP contribution in [0.1, 0.15) is 19.9 Å². The summed E-state index contributed by atoms with van der Waals surface area (Å²) in [7, 11) is 1.58. The zero-order valence-electron chi connectivity index (χ0n) is 17.8. The van der Waals surface area contributed by atoms with Crippen LogP contribution >= 0.6 is 11.8 Å². The van der Waals surface area contributed by atoms with Crippen LogP contribution in [0.5, 0.6) is 0 Å². The molecular weight excluding hydrogens is 430 g/mol. The third-order valence-electron chi connectivity index (χ3n) is 5.06. The van der Waals surface area contributed by atoms with Gasteiger partial charge >= 0.3 is 5.69 Å². The van der Waals surface area contributed by atoms with E-state index in [4.69, 9.17) is 4.74 Å². The first-order valence-corrected chi connectivity index (χ1v) is 10.9. The van der Waals surface area contributed by atoms with Crippen molar-refractivity contribution in [3.05, 3.63) is 63.3 Å². The van der Waals surface area contributed by atoms with Crippen molar-refractivity contribution in [2.24, 2.45) is 0 Å². The molecule has 0 saturated heterocycles. The number of thioether (sulfide) groups is 1. The molecule has 0 saturated carbocycles. The molecule has 0 spiro atoms. The summed E-state index contributed by atoms with van der Waals surface area (Å²) in [4.78, 5) is 47.5. The fraction of sp³-hybridized carbons (Fsp3) is 0.273. The molecule has 4 rings (SSSR count). The topological polar surface area (TPSA) is 122 Å². The Morgan fingerprint density at radius 2 is 1.91 bits per heavy atom. The molecule has 2 heterocycles. The lowest BCUT2D eigenvalue weighted by molar-refractivity contribution is -0.115. The molecule has 2 atom stereocenters. The molecular formula is C22H23N5O4S. The van der Waals surface area contributed by atoms with E-state index in [0.29, 0.717) is 39.4 Å². The third-order valence-corrected chi connectivity index (χ3v) is 6.13. The van der Waals surface area contributed by atoms with Crippen molar-refractivity contribution in [3.8, 4) is 0 Å². The number of aromatic nitrogens is 4. The maximum absolute atomic E-state index is 13.2. The summed E-state index contributed by atoms with van der Waals surface area (Å²) in [5, 5.41) is 3.29. The summed E-state index contributed by atoms with van der Waals surface area (Å²) >= 11 is 1.21. The highest BCUT2D eigenvalue weighted by Crippen LogP contribution is 2.26. The number of carbonyl (C=O) groups excluding carboxylic acids is 1. The minimum atomic E-state index is -0.537. The highest BCUT2D eigenvalue weighted by atomic mass is 32.2. The molecule has 32 heavy (non-hydrogen) atoms. The first kappa shape index (κ1) is 21.8. The molecule has 0 fully saturated rings. The second-order valence-corrected chi connectivity index (χ2v) is 8.79. The van der Waals surface area contributed by atoms with Crippen LogP contribution in [0.2, 0.25) is 0 Å². The summed E-state index contributed by atoms with van der Waals surface area (Å²) in [6.07, 6.45) is 0. The number of H-pyrrole nitrogens is 2. The van der Waals surface area contributed by atoms with Gasteiger partial charge < -0.3 is 20.0 Å². The number of amides is 1. The fourth-order valence-electron chi connectivity index (χ4n) is 3.48. The Morgan fingerprint density at radius 3 is 2.69 bits per heavy atom. The van der Waals surface area contributed by atoms with E-state index in [9.17, 15) is 14.4 Å². The van der Waals surface area contributed by atoms with Gasteiger partial charge in [-0.05, 0) is 44.2 Å². The first-order valence-electron chi connectivity index (χ1n) is 10.1. The van der Waals surface area contributed by atoms with E-state index in [1.807, 2.05) is 13.0 Å². The molecule has 1 amide bonds. The number of benzene rings is 2. The van der Waals surface area contributed by atoms with Crippen LogP contribution < -0.4 is 16.6 Å². The van der Waals surface area contributed by atoms with Crippen molar-refractivity contribution < 1.29 is 9.53 Å². The number of nitrogens with zero attached hydrogens (tertiary/aromatic N) is 2. The van der Waals surface area contributed by atoms with E-state index < -0.39 is 5.25 Å². The van der Waals surface area contributed by atoms with Crippen molar-refractivity contribution in [1.82, 2.24) is 19.5 Å². The quantitative estimate of drug-likeness (QED) is 0.292. The van der Waals surface area contributed by atoms with Crippen LogP contribution in [0.15, 0.2) is 57.2 Å². The predicted octanol–water partition coefficient (Wildman–Crippen LogP) is 2.89. The molecule has 9 nitrogen and oxygen atoms in total. The molecule has 166 valence electrons. The maximum Gasteiger partial charge on any atom is 0.323 e. The molecule has 2 aromatic heterocycles. The van der Waals surface area contributed by atoms with E-state index >= 15 is 0 Å². The summed E-state index contributed by atoms with van der Waals surface area (Å²) in [6, 6.07) is 12.0. The van der Waals surface area contributed by atoms with Gasteiger partial charge in [-0.2, -0.15) is 0 Å². The lowest BCUT2D eigenvalue weighted by atomic mass is 10.2. The van der Waals surface area contributed by atoms with Crippen molar-refractivity contribution in [2.75, 3.05) is 19.0 Å². The number of anilines is 1. The number of nitrogens with one attached hydrogen (secondary N) is 3. The largest absolute Gasteiger partial charge is 0.383 e. The molecule has 10 heteroatoms. The average Bonchev–Trinajstić information content (AvgIpc) is 3.13. The van der Waals surface area contributed by atoms with Crippen LogP contribution in [0.25, 0.3) is 21.9 Å². The number of carbonyl (C=O) groups is 1. The monoisotopic (exact) mass is 453 g/mol. The van der Waals surface area contributed by atoms with Gasteiger partial charge in [0.25, 0.3) is 5.56 Å². The molecule has 2 aromatic carbocycles. The molecule has 4 aromatic rings. The van der Waals surface area contributed by atoms with Crippen LogP contribution in [0.4, 0.5) is 5.69 Å². The average molecular weight is 454 g/mol. The number of fused-ring (bicyclic) bond motifs is 2. The molecule has 0 radical (unpaired) electrons. The second kappa shape index (κ2) is 9.01. The molecule has 0 aliphatic rings. The Bertz CT molecular complexity index is 1410. The highest BCUT2D eigenvalue weighted by molar-refractivity contribution is 8.00. The Balaban J connectivity index is 1.62. The number of aromatic amines is 2. The minimum Gasteiger partial charge on any atom is -0.383 e. The third kappa shape index (κ3) is 4.32. The lowest BCUT2D eigenvalue weighted by Crippen LogP contribution is -2.30. The van der Waals surface area contributed by atoms with Gasteiger partial charge in [0.1, 0.15) is 0 Å². The second-order valence-electron chi connectivity index (χ2n) is 7.48. The number of imidazole rings is 1. The molecule has 0 aliphatic carbocycles. The van der Waals surface area contributed by atoms with Gasteiger partial charge in [0.05, 0.1) is 39.8 Å². The number of rotatable bonds is 7. The van der Waals surface area contributed by atoms with Crippen LogP contribution in [-0.4, -0.2) is 44.4 Å². The van der Waals surface area contributed by atoms with E-state index in [2.05, 4.69) is 20.3 Å². The summed E-state index contributed by atoms with van der Waals surface area (Å²) in [5.74, 6) is -0.249. The number of hydrogen-bond acceptors (Lipinski definition) is 6.